The summed E-state index contributed by atoms with van der Waals surface area (Å²) in [6, 6.07) is 25.0. The molecule has 0 unspecified atom stereocenters. The van der Waals surface area contributed by atoms with Gasteiger partial charge in [-0.15, -0.1) is 0 Å². The van der Waals surface area contributed by atoms with Gasteiger partial charge in [0.25, 0.3) is 0 Å². The highest BCUT2D eigenvalue weighted by molar-refractivity contribution is 5.90. The molecular formula is C22H18N4. The lowest BCUT2D eigenvalue weighted by Gasteiger charge is -2.03. The topological polar surface area (TPSA) is 35.6 Å². The molecule has 0 N–H and O–H groups in total. The molecule has 0 aliphatic carbocycles. The summed E-state index contributed by atoms with van der Waals surface area (Å²) in [6.45, 7) is 0. The minimum Gasteiger partial charge on any atom is -0.327 e. The monoisotopic (exact) mass is 338 g/mol. The zero-order valence-electron chi connectivity index (χ0n) is 14.7. The van der Waals surface area contributed by atoms with E-state index in [2.05, 4.69) is 69.8 Å². The van der Waals surface area contributed by atoms with Crippen LogP contribution >= 0.6 is 0 Å². The number of hydrogen-bond acceptors (Lipinski definition) is 2. The van der Waals surface area contributed by atoms with Crippen molar-refractivity contribution in [3.05, 3.63) is 72.8 Å². The third-order valence-electron chi connectivity index (χ3n) is 4.96. The first-order valence-electron chi connectivity index (χ1n) is 8.66. The van der Waals surface area contributed by atoms with E-state index in [9.17, 15) is 0 Å². The standard InChI is InChI=1S/C22H18N4/c1-25-19(15-9-5-3-6-10-15)13-17-21(25)23-18-14-20(26(2)22(18)24-17)16-11-7-4-8-12-16/h3-14H,1-2H3. The fourth-order valence-corrected chi connectivity index (χ4v) is 3.58. The van der Waals surface area contributed by atoms with Gasteiger partial charge in [-0.3, -0.25) is 0 Å². The molecule has 0 spiro atoms. The molecule has 26 heavy (non-hydrogen) atoms. The fraction of sp³-hybridized carbons (Fsp3) is 0.0909. The lowest BCUT2D eigenvalue weighted by Crippen LogP contribution is -1.96. The first kappa shape index (κ1) is 14.9. The molecule has 2 aromatic carbocycles. The molecule has 0 bridgehead atoms. The molecule has 5 rings (SSSR count). The van der Waals surface area contributed by atoms with E-state index in [0.29, 0.717) is 0 Å². The van der Waals surface area contributed by atoms with Gasteiger partial charge < -0.3 is 9.13 Å². The first-order chi connectivity index (χ1) is 12.7. The Balaban J connectivity index is 1.74. The van der Waals surface area contributed by atoms with E-state index in [1.165, 1.54) is 11.1 Å². The van der Waals surface area contributed by atoms with Gasteiger partial charge >= 0.3 is 0 Å². The van der Waals surface area contributed by atoms with Crippen molar-refractivity contribution in [2.24, 2.45) is 14.1 Å². The van der Waals surface area contributed by atoms with Gasteiger partial charge in [0.05, 0.1) is 11.4 Å². The molecule has 0 atom stereocenters. The van der Waals surface area contributed by atoms with Crippen LogP contribution in [-0.2, 0) is 14.1 Å². The summed E-state index contributed by atoms with van der Waals surface area (Å²) in [5.74, 6) is 0. The number of aryl methyl sites for hydroxylation is 2. The van der Waals surface area contributed by atoms with Crippen molar-refractivity contribution in [1.29, 1.82) is 0 Å². The smallest absolute Gasteiger partial charge is 0.159 e. The summed E-state index contributed by atoms with van der Waals surface area (Å²) in [5.41, 5.74) is 8.23. The summed E-state index contributed by atoms with van der Waals surface area (Å²) in [4.78, 5) is 9.82. The van der Waals surface area contributed by atoms with E-state index in [1.54, 1.807) is 0 Å². The minimum absolute atomic E-state index is 0.904. The van der Waals surface area contributed by atoms with Gasteiger partial charge in [0.15, 0.2) is 11.3 Å². The Morgan fingerprint density at radius 2 is 0.962 bits per heavy atom. The number of nitrogens with zero attached hydrogens (tertiary/aromatic N) is 4. The number of benzene rings is 2. The van der Waals surface area contributed by atoms with Gasteiger partial charge in [0.1, 0.15) is 11.0 Å². The largest absolute Gasteiger partial charge is 0.327 e. The first-order valence-corrected chi connectivity index (χ1v) is 8.66. The molecule has 5 aromatic rings. The van der Waals surface area contributed by atoms with Gasteiger partial charge in [-0.2, -0.15) is 0 Å². The van der Waals surface area contributed by atoms with Crippen molar-refractivity contribution in [1.82, 2.24) is 19.1 Å². The minimum atomic E-state index is 0.904. The summed E-state index contributed by atoms with van der Waals surface area (Å²) < 4.78 is 4.23. The van der Waals surface area contributed by atoms with Crippen molar-refractivity contribution in [3.8, 4) is 22.5 Å². The third kappa shape index (κ3) is 2.15. The van der Waals surface area contributed by atoms with Crippen LogP contribution in [0.25, 0.3) is 44.8 Å². The maximum atomic E-state index is 4.91. The molecule has 0 saturated heterocycles. The highest BCUT2D eigenvalue weighted by Crippen LogP contribution is 2.29. The molecule has 0 fully saturated rings. The molecule has 4 heteroatoms. The van der Waals surface area contributed by atoms with Crippen molar-refractivity contribution >= 4 is 22.3 Å². The van der Waals surface area contributed by atoms with E-state index in [1.807, 2.05) is 26.2 Å². The zero-order valence-corrected chi connectivity index (χ0v) is 14.7. The molecule has 0 radical (unpaired) electrons. The lowest BCUT2D eigenvalue weighted by molar-refractivity contribution is 0.949. The Morgan fingerprint density at radius 1 is 0.577 bits per heavy atom. The number of aromatic nitrogens is 4. The van der Waals surface area contributed by atoms with Crippen LogP contribution in [0.5, 0.6) is 0 Å². The molecule has 3 heterocycles. The average molecular weight is 338 g/mol. The second-order valence-corrected chi connectivity index (χ2v) is 6.55. The molecule has 0 aliphatic heterocycles. The van der Waals surface area contributed by atoms with Crippen molar-refractivity contribution in [2.45, 2.75) is 0 Å². The highest BCUT2D eigenvalue weighted by atomic mass is 15.1. The summed E-state index contributed by atoms with van der Waals surface area (Å²) in [7, 11) is 4.10. The summed E-state index contributed by atoms with van der Waals surface area (Å²) >= 11 is 0. The van der Waals surface area contributed by atoms with E-state index < -0.39 is 0 Å². The van der Waals surface area contributed by atoms with Gasteiger partial charge in [-0.05, 0) is 23.3 Å². The predicted molar refractivity (Wildman–Crippen MR) is 106 cm³/mol. The number of rotatable bonds is 2. The number of fused-ring (bicyclic) bond motifs is 2. The Kier molecular flexibility index (Phi) is 3.19. The number of hydrogen-bond donors (Lipinski definition) is 0. The predicted octanol–water partition coefficient (Wildman–Crippen LogP) is 4.79. The lowest BCUT2D eigenvalue weighted by atomic mass is 10.1. The van der Waals surface area contributed by atoms with Gasteiger partial charge in [0.2, 0.25) is 0 Å². The van der Waals surface area contributed by atoms with Gasteiger partial charge in [-0.25, -0.2) is 9.97 Å². The van der Waals surface area contributed by atoms with Crippen LogP contribution in [0.1, 0.15) is 0 Å². The molecule has 0 aliphatic rings. The molecule has 3 aromatic heterocycles. The quantitative estimate of drug-likeness (QED) is 0.464. The molecule has 4 nitrogen and oxygen atoms in total. The fourth-order valence-electron chi connectivity index (χ4n) is 3.58. The molecule has 0 saturated carbocycles. The second-order valence-electron chi connectivity index (χ2n) is 6.55. The Labute approximate surface area is 151 Å². The maximum Gasteiger partial charge on any atom is 0.159 e. The van der Waals surface area contributed by atoms with Gasteiger partial charge in [-0.1, -0.05) is 60.7 Å². The molecular weight excluding hydrogens is 320 g/mol. The maximum absolute atomic E-state index is 4.91. The highest BCUT2D eigenvalue weighted by Gasteiger charge is 2.15. The average Bonchev–Trinajstić information content (AvgIpc) is 3.19. The van der Waals surface area contributed by atoms with Crippen LogP contribution in [-0.4, -0.2) is 19.1 Å². The summed E-state index contributed by atoms with van der Waals surface area (Å²) in [6.07, 6.45) is 0. The Bertz CT molecular complexity index is 1130. The SMILES string of the molecule is Cn1c(-c2ccccc2)cc2nc3c(cc(-c4ccccc4)n3C)nc21. The Hall–Kier alpha value is -3.40. The van der Waals surface area contributed by atoms with Crippen LogP contribution in [0.2, 0.25) is 0 Å². The van der Waals surface area contributed by atoms with Crippen molar-refractivity contribution < 1.29 is 0 Å². The van der Waals surface area contributed by atoms with Gasteiger partial charge in [0, 0.05) is 14.1 Å². The van der Waals surface area contributed by atoms with E-state index in [0.717, 1.165) is 33.7 Å². The normalized spacial score (nSPS) is 11.5. The van der Waals surface area contributed by atoms with E-state index in [4.69, 9.17) is 9.97 Å². The van der Waals surface area contributed by atoms with Crippen LogP contribution in [0.15, 0.2) is 72.8 Å². The van der Waals surface area contributed by atoms with Crippen LogP contribution < -0.4 is 0 Å². The van der Waals surface area contributed by atoms with Crippen molar-refractivity contribution in [3.63, 3.8) is 0 Å². The summed E-state index contributed by atoms with van der Waals surface area (Å²) in [5, 5.41) is 0. The van der Waals surface area contributed by atoms with Crippen LogP contribution in [0, 0.1) is 0 Å². The molecule has 0 amide bonds. The third-order valence-corrected chi connectivity index (χ3v) is 4.96. The van der Waals surface area contributed by atoms with Crippen molar-refractivity contribution in [2.75, 3.05) is 0 Å². The zero-order chi connectivity index (χ0) is 17.7. The van der Waals surface area contributed by atoms with Crippen LogP contribution in [0.4, 0.5) is 0 Å². The second kappa shape index (κ2) is 5.56. The molecule has 126 valence electrons. The Morgan fingerprint density at radius 3 is 1.35 bits per heavy atom. The van der Waals surface area contributed by atoms with E-state index >= 15 is 0 Å². The van der Waals surface area contributed by atoms with Crippen LogP contribution in [0.3, 0.4) is 0 Å². The van der Waals surface area contributed by atoms with E-state index in [-0.39, 0.29) is 0 Å².